The van der Waals surface area contributed by atoms with Crippen molar-refractivity contribution in [2.24, 2.45) is 0 Å². The number of nitrogens with zero attached hydrogens (tertiary/aromatic N) is 1. The Kier molecular flexibility index (Phi) is 5.03. The van der Waals surface area contributed by atoms with Gasteiger partial charge in [-0.15, -0.1) is 11.3 Å². The van der Waals surface area contributed by atoms with E-state index in [0.29, 0.717) is 10.8 Å². The second-order valence-electron chi connectivity index (χ2n) is 5.22. The highest BCUT2D eigenvalue weighted by Gasteiger charge is 2.29. The molecule has 1 heterocycles. The zero-order valence-corrected chi connectivity index (χ0v) is 14.2. The summed E-state index contributed by atoms with van der Waals surface area (Å²) in [6, 6.07) is 7.70. The number of benzene rings is 1. The van der Waals surface area contributed by atoms with Gasteiger partial charge in [0, 0.05) is 17.8 Å². The second-order valence-corrected chi connectivity index (χ2v) is 8.41. The average Bonchev–Trinajstić information content (AvgIpc) is 2.76. The number of rotatable bonds is 6. The minimum Gasteiger partial charge on any atom is -0.392 e. The van der Waals surface area contributed by atoms with Crippen molar-refractivity contribution >= 4 is 31.4 Å². The molecule has 2 aromatic rings. The number of hydrogen-bond acceptors (Lipinski definition) is 4. The van der Waals surface area contributed by atoms with Crippen LogP contribution in [-0.4, -0.2) is 37.0 Å². The van der Waals surface area contributed by atoms with Crippen LogP contribution in [0.2, 0.25) is 0 Å². The van der Waals surface area contributed by atoms with Crippen molar-refractivity contribution in [3.63, 3.8) is 0 Å². The van der Waals surface area contributed by atoms with E-state index in [1.165, 1.54) is 15.6 Å². The monoisotopic (exact) mass is 327 g/mol. The summed E-state index contributed by atoms with van der Waals surface area (Å²) in [6.07, 6.45) is 0.0385. The van der Waals surface area contributed by atoms with Crippen LogP contribution in [0.1, 0.15) is 25.8 Å². The fourth-order valence-corrected chi connectivity index (χ4v) is 5.88. The van der Waals surface area contributed by atoms with E-state index in [-0.39, 0.29) is 6.54 Å². The Morgan fingerprint density at radius 3 is 2.57 bits per heavy atom. The van der Waals surface area contributed by atoms with Crippen LogP contribution in [0.4, 0.5) is 0 Å². The lowest BCUT2D eigenvalue weighted by atomic mass is 10.2. The first-order valence-electron chi connectivity index (χ1n) is 7.04. The van der Waals surface area contributed by atoms with Crippen molar-refractivity contribution in [1.29, 1.82) is 0 Å². The van der Waals surface area contributed by atoms with Crippen molar-refractivity contribution in [2.45, 2.75) is 37.5 Å². The van der Waals surface area contributed by atoms with Gasteiger partial charge in [-0.05, 0) is 37.3 Å². The minimum absolute atomic E-state index is 0.129. The van der Waals surface area contributed by atoms with E-state index < -0.39 is 16.1 Å². The van der Waals surface area contributed by atoms with Crippen LogP contribution in [0.25, 0.3) is 10.1 Å². The Balaban J connectivity index is 2.51. The number of thiophene rings is 1. The highest BCUT2D eigenvalue weighted by Crippen LogP contribution is 2.35. The van der Waals surface area contributed by atoms with Gasteiger partial charge in [-0.2, -0.15) is 4.31 Å². The Morgan fingerprint density at radius 2 is 2.00 bits per heavy atom. The zero-order chi connectivity index (χ0) is 15.6. The molecular formula is C15H21NO3S2. The van der Waals surface area contributed by atoms with Crippen LogP contribution >= 0.6 is 11.3 Å². The predicted molar refractivity (Wildman–Crippen MR) is 87.3 cm³/mol. The standard InChI is InChI=1S/C15H21NO3S2/c1-4-9-16(10-11(2)17)21(18,19)15-12(3)13-7-5-6-8-14(13)20-15/h5-8,11,17H,4,9-10H2,1-3H3/t11-/m1/s1. The topological polar surface area (TPSA) is 57.6 Å². The molecule has 0 radical (unpaired) electrons. The number of aliphatic hydroxyl groups is 1. The molecule has 0 unspecified atom stereocenters. The third kappa shape index (κ3) is 3.29. The largest absolute Gasteiger partial charge is 0.392 e. The highest BCUT2D eigenvalue weighted by molar-refractivity contribution is 7.91. The van der Waals surface area contributed by atoms with Gasteiger partial charge in [0.25, 0.3) is 10.0 Å². The Labute approximate surface area is 130 Å². The van der Waals surface area contributed by atoms with Gasteiger partial charge in [-0.1, -0.05) is 25.1 Å². The first-order valence-corrected chi connectivity index (χ1v) is 9.30. The summed E-state index contributed by atoms with van der Waals surface area (Å²) in [4.78, 5) is 0. The average molecular weight is 327 g/mol. The van der Waals surface area contributed by atoms with E-state index in [4.69, 9.17) is 0 Å². The van der Waals surface area contributed by atoms with Crippen LogP contribution in [0.5, 0.6) is 0 Å². The summed E-state index contributed by atoms with van der Waals surface area (Å²) in [6.45, 7) is 5.93. The molecule has 6 heteroatoms. The molecule has 21 heavy (non-hydrogen) atoms. The van der Waals surface area contributed by atoms with Gasteiger partial charge in [-0.3, -0.25) is 0 Å². The molecule has 0 aliphatic carbocycles. The molecule has 116 valence electrons. The number of aliphatic hydroxyl groups excluding tert-OH is 1. The van der Waals surface area contributed by atoms with Crippen molar-refractivity contribution in [2.75, 3.05) is 13.1 Å². The van der Waals surface area contributed by atoms with E-state index >= 15 is 0 Å². The molecule has 1 aromatic heterocycles. The highest BCUT2D eigenvalue weighted by atomic mass is 32.2. The maximum Gasteiger partial charge on any atom is 0.252 e. The summed E-state index contributed by atoms with van der Waals surface area (Å²) in [7, 11) is -3.56. The summed E-state index contributed by atoms with van der Waals surface area (Å²) in [5.41, 5.74) is 0.794. The number of hydrogen-bond donors (Lipinski definition) is 1. The Morgan fingerprint density at radius 1 is 1.33 bits per heavy atom. The Bertz CT molecular complexity index is 720. The summed E-state index contributed by atoms with van der Waals surface area (Å²) in [5, 5.41) is 10.5. The van der Waals surface area contributed by atoms with Crippen molar-refractivity contribution in [3.8, 4) is 0 Å². The van der Waals surface area contributed by atoms with Gasteiger partial charge in [0.2, 0.25) is 0 Å². The van der Waals surface area contributed by atoms with Gasteiger partial charge in [0.05, 0.1) is 6.10 Å². The van der Waals surface area contributed by atoms with Gasteiger partial charge in [0.15, 0.2) is 0 Å². The lowest BCUT2D eigenvalue weighted by molar-refractivity contribution is 0.163. The third-order valence-electron chi connectivity index (χ3n) is 3.31. The molecule has 1 atom stereocenters. The van der Waals surface area contributed by atoms with Crippen molar-refractivity contribution in [3.05, 3.63) is 29.8 Å². The van der Waals surface area contributed by atoms with Crippen molar-refractivity contribution in [1.82, 2.24) is 4.31 Å². The van der Waals surface area contributed by atoms with E-state index in [0.717, 1.165) is 22.1 Å². The summed E-state index contributed by atoms with van der Waals surface area (Å²) < 4.78 is 28.5. The fraction of sp³-hybridized carbons (Fsp3) is 0.467. The molecule has 2 rings (SSSR count). The van der Waals surface area contributed by atoms with Gasteiger partial charge >= 0.3 is 0 Å². The summed E-state index contributed by atoms with van der Waals surface area (Å²) in [5.74, 6) is 0. The molecule has 0 saturated carbocycles. The molecule has 0 amide bonds. The molecular weight excluding hydrogens is 306 g/mol. The fourth-order valence-electron chi connectivity index (χ4n) is 2.37. The molecule has 1 N–H and O–H groups in total. The van der Waals surface area contributed by atoms with Crippen LogP contribution in [0.3, 0.4) is 0 Å². The van der Waals surface area contributed by atoms with E-state index in [1.54, 1.807) is 6.92 Å². The zero-order valence-electron chi connectivity index (χ0n) is 12.5. The van der Waals surface area contributed by atoms with Crippen LogP contribution < -0.4 is 0 Å². The molecule has 0 fully saturated rings. The minimum atomic E-state index is -3.56. The molecule has 1 aromatic carbocycles. The molecule has 0 spiro atoms. The number of aryl methyl sites for hydroxylation is 1. The summed E-state index contributed by atoms with van der Waals surface area (Å²) >= 11 is 1.30. The van der Waals surface area contributed by atoms with Crippen molar-refractivity contribution < 1.29 is 13.5 Å². The van der Waals surface area contributed by atoms with E-state index in [1.807, 2.05) is 38.1 Å². The first kappa shape index (κ1) is 16.4. The van der Waals surface area contributed by atoms with Gasteiger partial charge < -0.3 is 5.11 Å². The molecule has 0 bridgehead atoms. The van der Waals surface area contributed by atoms with Crippen LogP contribution in [0, 0.1) is 6.92 Å². The Hall–Kier alpha value is -0.950. The third-order valence-corrected chi connectivity index (χ3v) is 7.05. The first-order chi connectivity index (χ1) is 9.87. The van der Waals surface area contributed by atoms with Gasteiger partial charge in [-0.25, -0.2) is 8.42 Å². The number of fused-ring (bicyclic) bond motifs is 1. The lowest BCUT2D eigenvalue weighted by Gasteiger charge is -2.22. The quantitative estimate of drug-likeness (QED) is 0.887. The molecule has 4 nitrogen and oxygen atoms in total. The smallest absolute Gasteiger partial charge is 0.252 e. The second kappa shape index (κ2) is 6.44. The van der Waals surface area contributed by atoms with Crippen LogP contribution in [0.15, 0.2) is 28.5 Å². The molecule has 0 aliphatic heterocycles. The normalized spacial score (nSPS) is 14.0. The number of sulfonamides is 1. The molecule has 0 aliphatic rings. The maximum absolute atomic E-state index is 12.9. The lowest BCUT2D eigenvalue weighted by Crippen LogP contribution is -2.37. The van der Waals surface area contributed by atoms with Crippen LogP contribution in [-0.2, 0) is 10.0 Å². The molecule has 0 saturated heterocycles. The van der Waals surface area contributed by atoms with Gasteiger partial charge in [0.1, 0.15) is 4.21 Å². The van der Waals surface area contributed by atoms with E-state index in [2.05, 4.69) is 0 Å². The SMILES string of the molecule is CCCN(C[C@@H](C)O)S(=O)(=O)c1sc2ccccc2c1C. The maximum atomic E-state index is 12.9. The predicted octanol–water partition coefficient (Wildman–Crippen LogP) is 2.99. The van der Waals surface area contributed by atoms with E-state index in [9.17, 15) is 13.5 Å².